The summed E-state index contributed by atoms with van der Waals surface area (Å²) in [6.45, 7) is 8.84. The number of fused-ring (bicyclic) bond motifs is 3. The van der Waals surface area contributed by atoms with Crippen LogP contribution in [0.15, 0.2) is 133 Å². The van der Waals surface area contributed by atoms with Crippen LogP contribution < -0.4 is 9.47 Å². The maximum atomic E-state index is 13.2. The van der Waals surface area contributed by atoms with Gasteiger partial charge in [-0.25, -0.2) is 19.2 Å². The van der Waals surface area contributed by atoms with Crippen molar-refractivity contribution in [3.8, 4) is 22.6 Å². The van der Waals surface area contributed by atoms with Gasteiger partial charge in [-0.1, -0.05) is 253 Å². The molecule has 0 fully saturated rings. The second-order valence-electron chi connectivity index (χ2n) is 21.8. The van der Waals surface area contributed by atoms with E-state index >= 15 is 0 Å². The number of esters is 2. The fourth-order valence-electron chi connectivity index (χ4n) is 11.0. The van der Waals surface area contributed by atoms with Crippen LogP contribution in [-0.4, -0.2) is 34.1 Å². The van der Waals surface area contributed by atoms with Crippen molar-refractivity contribution in [3.63, 3.8) is 0 Å². The molecule has 0 aromatic heterocycles. The van der Waals surface area contributed by atoms with Crippen molar-refractivity contribution in [3.05, 3.63) is 189 Å². The number of para-hydroxylation sites is 2. The number of carbonyl (C=O) groups excluding carboxylic acids is 2. The van der Waals surface area contributed by atoms with Gasteiger partial charge in [-0.3, -0.25) is 0 Å². The minimum absolute atomic E-state index is 0.0357. The van der Waals surface area contributed by atoms with Crippen LogP contribution in [0.2, 0.25) is 0 Å². The number of hydrogen-bond donors (Lipinski definition) is 2. The number of aryl methyl sites for hydroxylation is 2. The Morgan fingerprint density at radius 1 is 0.346 bits per heavy atom. The molecule has 7 rings (SSSR count). The highest BCUT2D eigenvalue weighted by Crippen LogP contribution is 2.36. The van der Waals surface area contributed by atoms with E-state index in [0.29, 0.717) is 24.3 Å². The zero-order valence-electron chi connectivity index (χ0n) is 49.6. The van der Waals surface area contributed by atoms with Gasteiger partial charge < -0.3 is 19.7 Å². The van der Waals surface area contributed by atoms with E-state index in [1.807, 2.05) is 24.3 Å². The maximum Gasteiger partial charge on any atom is 0.344 e. The third-order valence-electron chi connectivity index (χ3n) is 15.5. The predicted molar refractivity (Wildman–Crippen MR) is 333 cm³/mol. The monoisotopic (exact) mass is 1100 g/mol. The minimum atomic E-state index is -1.09. The van der Waals surface area contributed by atoms with Crippen LogP contribution in [0.4, 0.5) is 0 Å². The van der Waals surface area contributed by atoms with Gasteiger partial charge in [0.15, 0.2) is 0 Å². The van der Waals surface area contributed by atoms with Crippen LogP contribution >= 0.6 is 0 Å². The topological polar surface area (TPSA) is 127 Å². The van der Waals surface area contributed by atoms with Crippen LogP contribution in [-0.2, 0) is 32.1 Å². The first kappa shape index (κ1) is 65.0. The van der Waals surface area contributed by atoms with Crippen molar-refractivity contribution in [1.29, 1.82) is 0 Å². The Morgan fingerprint density at radius 3 is 0.975 bits per heavy atom. The first-order valence-corrected chi connectivity index (χ1v) is 31.1. The number of carboxylic acids is 2. The second-order valence-corrected chi connectivity index (χ2v) is 21.8. The number of carboxylic acid groups (broad SMARTS) is 2. The second kappa shape index (κ2) is 38.0. The summed E-state index contributed by atoms with van der Waals surface area (Å²) in [4.78, 5) is 50.6. The van der Waals surface area contributed by atoms with Crippen molar-refractivity contribution in [2.75, 3.05) is 0 Å². The largest absolute Gasteiger partial charge is 0.478 e. The highest BCUT2D eigenvalue weighted by molar-refractivity contribution is 6.05. The van der Waals surface area contributed by atoms with Crippen LogP contribution in [0, 0.1) is 0 Å². The number of rotatable bonds is 34. The molecule has 0 spiro atoms. The van der Waals surface area contributed by atoms with E-state index in [2.05, 4.69) is 76.2 Å². The summed E-state index contributed by atoms with van der Waals surface area (Å²) in [5, 5.41) is 19.7. The van der Waals surface area contributed by atoms with Gasteiger partial charge in [0.2, 0.25) is 0 Å². The highest BCUT2D eigenvalue weighted by Gasteiger charge is 2.27. The normalized spacial score (nSPS) is 11.1. The lowest BCUT2D eigenvalue weighted by Crippen LogP contribution is -2.18. The molecule has 1 aliphatic rings. The van der Waals surface area contributed by atoms with Gasteiger partial charge in [-0.2, -0.15) is 0 Å². The molecule has 8 nitrogen and oxygen atoms in total. The molecule has 2 N–H and O–H groups in total. The molecule has 0 saturated heterocycles. The Labute approximate surface area is 486 Å². The van der Waals surface area contributed by atoms with E-state index in [-0.39, 0.29) is 22.3 Å². The fourth-order valence-corrected chi connectivity index (χ4v) is 11.0. The third-order valence-corrected chi connectivity index (χ3v) is 15.5. The Morgan fingerprint density at radius 2 is 0.642 bits per heavy atom. The lowest BCUT2D eigenvalue weighted by molar-refractivity contribution is 0.0665. The number of unbranched alkanes of at least 4 members (excludes halogenated alkanes) is 20. The smallest absolute Gasteiger partial charge is 0.344 e. The molecule has 0 heterocycles. The summed E-state index contributed by atoms with van der Waals surface area (Å²) >= 11 is 0. The van der Waals surface area contributed by atoms with Crippen LogP contribution in [0.5, 0.6) is 11.5 Å². The molecule has 8 heteroatoms. The van der Waals surface area contributed by atoms with E-state index in [9.17, 15) is 29.4 Å². The molecule has 0 amide bonds. The first-order chi connectivity index (χ1) is 39.6. The zero-order chi connectivity index (χ0) is 57.9. The van der Waals surface area contributed by atoms with Crippen LogP contribution in [0.25, 0.3) is 11.1 Å². The first-order valence-electron chi connectivity index (χ1n) is 31.1. The Hall–Kier alpha value is -6.80. The molecule has 0 unspecified atom stereocenters. The fraction of sp³-hybridized carbons (Fsp3) is 0.452. The molecule has 6 aromatic carbocycles. The van der Waals surface area contributed by atoms with E-state index in [0.717, 1.165) is 92.9 Å². The Kier molecular flexibility index (Phi) is 30.5. The molecule has 81 heavy (non-hydrogen) atoms. The van der Waals surface area contributed by atoms with Gasteiger partial charge >= 0.3 is 23.9 Å². The standard InChI is InChI=1S/2C30H42O4.C13H10/c2*1-3-5-7-9-11-14-18-24-22-23-27(29(31)32)28(26(24)21-17-12-10-8-6-4-2)30(33)34-25-19-15-13-16-20-25;1-3-7-12-10(5-1)9-11-6-2-4-8-13(11)12/h2*13,15-16,19-20,22-23H,3-12,14,17-18,21H2,1-2H3,(H,31,32);1-8H,9H2. The summed E-state index contributed by atoms with van der Waals surface area (Å²) in [5.41, 5.74) is 10.2. The van der Waals surface area contributed by atoms with Gasteiger partial charge in [0.25, 0.3) is 0 Å². The summed E-state index contributed by atoms with van der Waals surface area (Å²) in [5.74, 6) is -2.47. The lowest BCUT2D eigenvalue weighted by Gasteiger charge is -2.17. The summed E-state index contributed by atoms with van der Waals surface area (Å²) in [7, 11) is 0. The molecule has 434 valence electrons. The van der Waals surface area contributed by atoms with E-state index in [1.165, 1.54) is 125 Å². The van der Waals surface area contributed by atoms with Gasteiger partial charge in [0.05, 0.1) is 22.3 Å². The summed E-state index contributed by atoms with van der Waals surface area (Å²) < 4.78 is 11.2. The Bertz CT molecular complexity index is 2610. The maximum absolute atomic E-state index is 13.2. The molecule has 1 aliphatic carbocycles. The van der Waals surface area contributed by atoms with Crippen molar-refractivity contribution in [1.82, 2.24) is 0 Å². The molecule has 0 radical (unpaired) electrons. The van der Waals surface area contributed by atoms with E-state index in [4.69, 9.17) is 9.47 Å². The number of carbonyl (C=O) groups is 4. The number of ether oxygens (including phenoxy) is 2. The molecule has 6 aromatic rings. The minimum Gasteiger partial charge on any atom is -0.478 e. The molecule has 0 bridgehead atoms. The summed E-state index contributed by atoms with van der Waals surface area (Å²) in [6.07, 6.45) is 32.3. The van der Waals surface area contributed by atoms with E-state index in [1.54, 1.807) is 60.7 Å². The van der Waals surface area contributed by atoms with Gasteiger partial charge in [0.1, 0.15) is 11.5 Å². The molecule has 0 aliphatic heterocycles. The number of hydrogen-bond acceptors (Lipinski definition) is 6. The van der Waals surface area contributed by atoms with Crippen molar-refractivity contribution in [2.24, 2.45) is 0 Å². The van der Waals surface area contributed by atoms with Crippen LogP contribution in [0.3, 0.4) is 0 Å². The molecular weight excluding hydrogens is 1000 g/mol. The summed E-state index contributed by atoms with van der Waals surface area (Å²) in [6, 6.07) is 42.1. The van der Waals surface area contributed by atoms with Crippen LogP contribution in [0.1, 0.15) is 257 Å². The Balaban J connectivity index is 0.000000242. The van der Waals surface area contributed by atoms with Crippen molar-refractivity contribution < 1.29 is 38.9 Å². The van der Waals surface area contributed by atoms with E-state index < -0.39 is 23.9 Å². The molecule has 0 saturated carbocycles. The molecular formula is C73H94O8. The highest BCUT2D eigenvalue weighted by atomic mass is 16.5. The quantitative estimate of drug-likeness (QED) is 0.0232. The van der Waals surface area contributed by atoms with Crippen molar-refractivity contribution in [2.45, 2.75) is 214 Å². The average molecular weight is 1100 g/mol. The molecule has 0 atom stereocenters. The van der Waals surface area contributed by atoms with Gasteiger partial charge in [-0.05, 0) is 139 Å². The van der Waals surface area contributed by atoms with Gasteiger partial charge in [0, 0.05) is 0 Å². The third kappa shape index (κ3) is 22.2. The zero-order valence-corrected chi connectivity index (χ0v) is 49.6. The number of benzene rings is 6. The average Bonchev–Trinajstić information content (AvgIpc) is 4.13. The lowest BCUT2D eigenvalue weighted by atomic mass is 9.89. The van der Waals surface area contributed by atoms with Gasteiger partial charge in [-0.15, -0.1) is 0 Å². The SMILES string of the molecule is CCCCCCCCc1ccc(C(=O)O)c(C(=O)Oc2ccccc2)c1CCCCCCCC.CCCCCCCCc1ccc(C(=O)O)c(C(=O)Oc2ccccc2)c1CCCCCCCC.c1ccc2c(c1)Cc1ccccc1-2. The predicted octanol–water partition coefficient (Wildman–Crippen LogP) is 20.1. The van der Waals surface area contributed by atoms with Crippen molar-refractivity contribution >= 4 is 23.9 Å². The number of aromatic carboxylic acids is 2.